The van der Waals surface area contributed by atoms with Gasteiger partial charge in [-0.25, -0.2) is 4.58 Å². The van der Waals surface area contributed by atoms with Gasteiger partial charge in [-0.15, -0.1) is 0 Å². The summed E-state index contributed by atoms with van der Waals surface area (Å²) in [6.45, 7) is 5.60. The second kappa shape index (κ2) is 5.80. The third kappa shape index (κ3) is 5.54. The maximum absolute atomic E-state index is 2.27. The highest BCUT2D eigenvalue weighted by Crippen LogP contribution is 1.81. The molecule has 0 aromatic rings. The standard InChI is InChI=1S/C8H18N/c1-4-6-8-9(3)7-5-2/h8H,4-7H2,1-3H3/q+1. The third-order valence-electron chi connectivity index (χ3n) is 1.31. The average molecular weight is 128 g/mol. The fourth-order valence-corrected chi connectivity index (χ4v) is 0.793. The van der Waals surface area contributed by atoms with Crippen LogP contribution in [0.25, 0.3) is 0 Å². The van der Waals surface area contributed by atoms with E-state index >= 15 is 0 Å². The Hall–Kier alpha value is -0.330. The lowest BCUT2D eigenvalue weighted by molar-refractivity contribution is -0.493. The van der Waals surface area contributed by atoms with E-state index in [0.29, 0.717) is 0 Å². The molecular weight excluding hydrogens is 110 g/mol. The molecule has 0 bridgehead atoms. The van der Waals surface area contributed by atoms with E-state index in [4.69, 9.17) is 0 Å². The lowest BCUT2D eigenvalue weighted by atomic mass is 10.3. The molecule has 0 radical (unpaired) electrons. The molecule has 0 atom stereocenters. The van der Waals surface area contributed by atoms with Crippen LogP contribution in [0.15, 0.2) is 0 Å². The summed E-state index contributed by atoms with van der Waals surface area (Å²) in [6, 6.07) is 0. The normalized spacial score (nSPS) is 12.1. The molecule has 9 heavy (non-hydrogen) atoms. The number of unbranched alkanes of at least 4 members (excludes halogenated alkanes) is 1. The van der Waals surface area contributed by atoms with Crippen molar-refractivity contribution in [1.82, 2.24) is 0 Å². The number of nitrogens with zero attached hydrogens (tertiary/aromatic N) is 1. The highest BCUT2D eigenvalue weighted by molar-refractivity contribution is 5.50. The summed E-state index contributed by atoms with van der Waals surface area (Å²) in [5, 5.41) is 0. The highest BCUT2D eigenvalue weighted by Gasteiger charge is 1.89. The van der Waals surface area contributed by atoms with Gasteiger partial charge in [0.25, 0.3) is 0 Å². The Morgan fingerprint density at radius 2 is 1.89 bits per heavy atom. The summed E-state index contributed by atoms with van der Waals surface area (Å²) in [5.41, 5.74) is 0. The number of hydrogen-bond acceptors (Lipinski definition) is 0. The Balaban J connectivity index is 3.30. The second-order valence-corrected chi connectivity index (χ2v) is 2.45. The molecule has 0 aliphatic rings. The van der Waals surface area contributed by atoms with Crippen LogP contribution in [-0.2, 0) is 0 Å². The van der Waals surface area contributed by atoms with Crippen LogP contribution in [0.4, 0.5) is 0 Å². The molecule has 0 heterocycles. The van der Waals surface area contributed by atoms with Crippen LogP contribution in [-0.4, -0.2) is 24.4 Å². The lowest BCUT2D eigenvalue weighted by Crippen LogP contribution is -2.07. The van der Waals surface area contributed by atoms with Crippen LogP contribution in [0, 0.1) is 0 Å². The van der Waals surface area contributed by atoms with Gasteiger partial charge in [0, 0.05) is 12.8 Å². The molecule has 1 nitrogen and oxygen atoms in total. The molecule has 0 aromatic heterocycles. The van der Waals surface area contributed by atoms with E-state index in [1.54, 1.807) is 0 Å². The molecule has 0 fully saturated rings. The van der Waals surface area contributed by atoms with Gasteiger partial charge in [-0.3, -0.25) is 0 Å². The predicted molar refractivity (Wildman–Crippen MR) is 42.3 cm³/mol. The van der Waals surface area contributed by atoms with Gasteiger partial charge in [-0.1, -0.05) is 13.8 Å². The first-order valence-corrected chi connectivity index (χ1v) is 3.84. The summed E-state index contributed by atoms with van der Waals surface area (Å²) >= 11 is 0. The van der Waals surface area contributed by atoms with Crippen LogP contribution in [0.2, 0.25) is 0 Å². The topological polar surface area (TPSA) is 3.01 Å². The molecule has 1 heteroatoms. The summed E-state index contributed by atoms with van der Waals surface area (Å²) in [4.78, 5) is 0. The SMILES string of the molecule is CCCC=[N+](C)CCC. The van der Waals surface area contributed by atoms with E-state index in [1.807, 2.05) is 0 Å². The van der Waals surface area contributed by atoms with Crippen molar-refractivity contribution in [2.75, 3.05) is 13.6 Å². The first-order chi connectivity index (χ1) is 4.31. The lowest BCUT2D eigenvalue weighted by Gasteiger charge is -1.91. The van der Waals surface area contributed by atoms with Crippen LogP contribution < -0.4 is 0 Å². The molecule has 0 unspecified atom stereocenters. The zero-order chi connectivity index (χ0) is 7.11. The fraction of sp³-hybridized carbons (Fsp3) is 0.875. The summed E-state index contributed by atoms with van der Waals surface area (Å²) in [6.07, 6.45) is 5.99. The molecule has 54 valence electrons. The molecule has 0 rings (SSSR count). The average Bonchev–Trinajstić information content (AvgIpc) is 1.85. The van der Waals surface area contributed by atoms with Crippen LogP contribution >= 0.6 is 0 Å². The van der Waals surface area contributed by atoms with E-state index < -0.39 is 0 Å². The second-order valence-electron chi connectivity index (χ2n) is 2.45. The Morgan fingerprint density at radius 1 is 1.22 bits per heavy atom. The van der Waals surface area contributed by atoms with Crippen molar-refractivity contribution in [1.29, 1.82) is 0 Å². The van der Waals surface area contributed by atoms with Gasteiger partial charge in [0.15, 0.2) is 0 Å². The quantitative estimate of drug-likeness (QED) is 0.402. The van der Waals surface area contributed by atoms with Gasteiger partial charge >= 0.3 is 0 Å². The maximum atomic E-state index is 2.27. The largest absolute Gasteiger partial charge is 0.242 e. The summed E-state index contributed by atoms with van der Waals surface area (Å²) in [7, 11) is 2.14. The monoisotopic (exact) mass is 128 g/mol. The van der Waals surface area contributed by atoms with Gasteiger partial charge in [0.2, 0.25) is 0 Å². The molecule has 0 amide bonds. The van der Waals surface area contributed by atoms with Crippen molar-refractivity contribution in [3.63, 3.8) is 0 Å². The van der Waals surface area contributed by atoms with E-state index in [-0.39, 0.29) is 0 Å². The smallest absolute Gasteiger partial charge is 0.142 e. The van der Waals surface area contributed by atoms with Crippen molar-refractivity contribution < 1.29 is 4.58 Å². The minimum atomic E-state index is 1.19. The van der Waals surface area contributed by atoms with E-state index in [9.17, 15) is 0 Å². The Morgan fingerprint density at radius 3 is 2.33 bits per heavy atom. The molecule has 0 aromatic carbocycles. The molecule has 0 spiro atoms. The van der Waals surface area contributed by atoms with Gasteiger partial charge in [0.05, 0.1) is 0 Å². The van der Waals surface area contributed by atoms with Gasteiger partial charge in [-0.05, 0) is 6.42 Å². The minimum absolute atomic E-state index is 1.19. The van der Waals surface area contributed by atoms with Crippen molar-refractivity contribution in [3.8, 4) is 0 Å². The zero-order valence-corrected chi connectivity index (χ0v) is 6.85. The molecule has 0 aliphatic heterocycles. The van der Waals surface area contributed by atoms with Crippen molar-refractivity contribution >= 4 is 6.21 Å². The van der Waals surface area contributed by atoms with E-state index in [0.717, 1.165) is 0 Å². The molecule has 0 aliphatic carbocycles. The Kier molecular flexibility index (Phi) is 5.59. The zero-order valence-electron chi connectivity index (χ0n) is 6.85. The highest BCUT2D eigenvalue weighted by atomic mass is 14.9. The Labute approximate surface area is 58.4 Å². The van der Waals surface area contributed by atoms with E-state index in [2.05, 4.69) is 31.7 Å². The van der Waals surface area contributed by atoms with Crippen molar-refractivity contribution in [2.45, 2.75) is 33.1 Å². The predicted octanol–water partition coefficient (Wildman–Crippen LogP) is 1.91. The molecule has 0 N–H and O–H groups in total. The minimum Gasteiger partial charge on any atom is -0.242 e. The third-order valence-corrected chi connectivity index (χ3v) is 1.31. The number of hydrogen-bond donors (Lipinski definition) is 0. The van der Waals surface area contributed by atoms with Gasteiger partial charge < -0.3 is 0 Å². The molecular formula is C8H18N+. The van der Waals surface area contributed by atoms with Gasteiger partial charge in [0.1, 0.15) is 19.8 Å². The van der Waals surface area contributed by atoms with Crippen LogP contribution in [0.3, 0.4) is 0 Å². The molecule has 0 saturated heterocycles. The number of rotatable bonds is 4. The van der Waals surface area contributed by atoms with Crippen LogP contribution in [0.5, 0.6) is 0 Å². The summed E-state index contributed by atoms with van der Waals surface area (Å²) in [5.74, 6) is 0. The van der Waals surface area contributed by atoms with Crippen LogP contribution in [0.1, 0.15) is 33.1 Å². The van der Waals surface area contributed by atoms with Gasteiger partial charge in [-0.2, -0.15) is 0 Å². The first-order valence-electron chi connectivity index (χ1n) is 3.84. The van der Waals surface area contributed by atoms with E-state index in [1.165, 1.54) is 25.8 Å². The Bertz CT molecular complexity index is 84.6. The molecule has 0 saturated carbocycles. The van der Waals surface area contributed by atoms with Crippen molar-refractivity contribution in [3.05, 3.63) is 0 Å². The summed E-state index contributed by atoms with van der Waals surface area (Å²) < 4.78 is 2.27. The maximum Gasteiger partial charge on any atom is 0.142 e. The first kappa shape index (κ1) is 8.67. The fourth-order valence-electron chi connectivity index (χ4n) is 0.793. The van der Waals surface area contributed by atoms with Crippen molar-refractivity contribution in [2.24, 2.45) is 0 Å².